The Bertz CT molecular complexity index is 570. The molecule has 0 bridgehead atoms. The van der Waals surface area contributed by atoms with Crippen molar-refractivity contribution in [1.29, 1.82) is 0 Å². The molecular weight excluding hydrogens is 274 g/mol. The molecule has 112 valence electrons. The quantitative estimate of drug-likeness (QED) is 0.582. The first-order valence-corrected chi connectivity index (χ1v) is 7.75. The Kier molecular flexibility index (Phi) is 5.05. The van der Waals surface area contributed by atoms with Crippen molar-refractivity contribution in [3.63, 3.8) is 0 Å². The molecule has 20 heavy (non-hydrogen) atoms. The van der Waals surface area contributed by atoms with Gasteiger partial charge in [0.05, 0.1) is 11.6 Å². The van der Waals surface area contributed by atoms with E-state index in [1.165, 1.54) is 6.42 Å². The minimum atomic E-state index is 0.450. The average molecular weight is 298 g/mol. The molecule has 0 N–H and O–H groups in total. The third-order valence-electron chi connectivity index (χ3n) is 3.53. The number of rotatable bonds is 7. The van der Waals surface area contributed by atoms with Crippen molar-refractivity contribution in [3.8, 4) is 0 Å². The Morgan fingerprint density at radius 3 is 2.60 bits per heavy atom. The Balaban J connectivity index is 2.25. The van der Waals surface area contributed by atoms with Gasteiger partial charge in [-0.25, -0.2) is 9.67 Å². The molecule has 0 unspecified atom stereocenters. The first-order chi connectivity index (χ1) is 9.58. The van der Waals surface area contributed by atoms with E-state index in [2.05, 4.69) is 40.6 Å². The van der Waals surface area contributed by atoms with Crippen LogP contribution in [0.1, 0.15) is 31.3 Å². The molecule has 0 aromatic carbocycles. The first-order valence-electron chi connectivity index (χ1n) is 7.21. The molecular formula is C14H24ClN5. The molecule has 5 nitrogen and oxygen atoms in total. The fourth-order valence-electron chi connectivity index (χ4n) is 2.52. The number of fused-ring (bicyclic) bond motifs is 1. The van der Waals surface area contributed by atoms with Gasteiger partial charge in [-0.1, -0.05) is 0 Å². The van der Waals surface area contributed by atoms with Gasteiger partial charge in [0.25, 0.3) is 0 Å². The molecule has 0 amide bonds. The predicted octanol–water partition coefficient (Wildman–Crippen LogP) is 2.64. The van der Waals surface area contributed by atoms with Crippen LogP contribution in [0, 0.1) is 6.92 Å². The second-order valence-corrected chi connectivity index (χ2v) is 5.66. The van der Waals surface area contributed by atoms with E-state index in [1.807, 2.05) is 11.6 Å². The van der Waals surface area contributed by atoms with Crippen LogP contribution >= 0.6 is 11.6 Å². The van der Waals surface area contributed by atoms with E-state index in [4.69, 9.17) is 11.6 Å². The van der Waals surface area contributed by atoms with Crippen LogP contribution in [-0.2, 0) is 19.0 Å². The number of unbranched alkanes of at least 4 members (excludes halogenated alkanes) is 1. The van der Waals surface area contributed by atoms with Gasteiger partial charge in [0.1, 0.15) is 11.3 Å². The molecule has 2 rings (SSSR count). The zero-order valence-corrected chi connectivity index (χ0v) is 13.6. The van der Waals surface area contributed by atoms with Gasteiger partial charge in [0, 0.05) is 13.1 Å². The lowest BCUT2D eigenvalue weighted by molar-refractivity contribution is 0.387. The van der Waals surface area contributed by atoms with Crippen LogP contribution in [0.15, 0.2) is 0 Å². The summed E-state index contributed by atoms with van der Waals surface area (Å²) in [6, 6.07) is 0. The zero-order chi connectivity index (χ0) is 14.7. The highest BCUT2D eigenvalue weighted by molar-refractivity contribution is 6.16. The maximum atomic E-state index is 6.05. The van der Waals surface area contributed by atoms with Gasteiger partial charge in [-0.15, -0.1) is 11.6 Å². The minimum Gasteiger partial charge on any atom is -0.312 e. The van der Waals surface area contributed by atoms with E-state index in [-0.39, 0.29) is 0 Å². The number of nitrogens with zero attached hydrogens (tertiary/aromatic N) is 5. The van der Waals surface area contributed by atoms with Crippen molar-refractivity contribution in [2.75, 3.05) is 20.6 Å². The standard InChI is InChI=1S/C14H24ClN5/c1-5-20-14-13(11(2)17-20)16-12(10-15)19(14)9-7-6-8-18(3)4/h5-10H2,1-4H3. The molecule has 2 heterocycles. The fraction of sp³-hybridized carbons (Fsp3) is 0.714. The molecule has 2 aromatic rings. The van der Waals surface area contributed by atoms with E-state index >= 15 is 0 Å². The third kappa shape index (κ3) is 2.99. The fourth-order valence-corrected chi connectivity index (χ4v) is 2.73. The average Bonchev–Trinajstić information content (AvgIpc) is 2.92. The van der Waals surface area contributed by atoms with E-state index in [9.17, 15) is 0 Å². The number of alkyl halides is 1. The maximum absolute atomic E-state index is 6.05. The number of aryl methyl sites for hydroxylation is 3. The van der Waals surface area contributed by atoms with Crippen LogP contribution in [0.25, 0.3) is 11.2 Å². The number of halogens is 1. The van der Waals surface area contributed by atoms with E-state index in [1.54, 1.807) is 0 Å². The van der Waals surface area contributed by atoms with Crippen molar-refractivity contribution < 1.29 is 0 Å². The summed E-state index contributed by atoms with van der Waals surface area (Å²) in [6.07, 6.45) is 2.30. The molecule has 0 aliphatic heterocycles. The molecule has 0 aliphatic rings. The lowest BCUT2D eigenvalue weighted by atomic mass is 10.3. The molecule has 0 saturated heterocycles. The van der Waals surface area contributed by atoms with E-state index < -0.39 is 0 Å². The monoisotopic (exact) mass is 297 g/mol. The van der Waals surface area contributed by atoms with Crippen LogP contribution in [0.4, 0.5) is 0 Å². The predicted molar refractivity (Wildman–Crippen MR) is 83.3 cm³/mol. The van der Waals surface area contributed by atoms with Gasteiger partial charge < -0.3 is 9.47 Å². The topological polar surface area (TPSA) is 38.9 Å². The summed E-state index contributed by atoms with van der Waals surface area (Å²) in [4.78, 5) is 6.87. The Hall–Kier alpha value is -1.07. The van der Waals surface area contributed by atoms with Gasteiger partial charge in [-0.2, -0.15) is 5.10 Å². The molecule has 0 saturated carbocycles. The number of aromatic nitrogens is 4. The SMILES string of the molecule is CCn1nc(C)c2nc(CCl)n(CCCCN(C)C)c21. The molecule has 0 aliphatic carbocycles. The molecule has 0 fully saturated rings. The molecule has 0 spiro atoms. The van der Waals surface area contributed by atoms with Crippen LogP contribution in [0.2, 0.25) is 0 Å². The summed E-state index contributed by atoms with van der Waals surface area (Å²) in [6.45, 7) is 7.04. The van der Waals surface area contributed by atoms with Crippen molar-refractivity contribution in [2.24, 2.45) is 0 Å². The molecule has 0 radical (unpaired) electrons. The maximum Gasteiger partial charge on any atom is 0.158 e. The summed E-state index contributed by atoms with van der Waals surface area (Å²) in [5.74, 6) is 1.40. The van der Waals surface area contributed by atoms with E-state index in [0.29, 0.717) is 5.88 Å². The zero-order valence-electron chi connectivity index (χ0n) is 12.9. The lowest BCUT2D eigenvalue weighted by Gasteiger charge is -2.11. The van der Waals surface area contributed by atoms with Gasteiger partial charge >= 0.3 is 0 Å². The van der Waals surface area contributed by atoms with Crippen molar-refractivity contribution in [3.05, 3.63) is 11.5 Å². The molecule has 0 atom stereocenters. The van der Waals surface area contributed by atoms with Gasteiger partial charge in [0.2, 0.25) is 0 Å². The van der Waals surface area contributed by atoms with E-state index in [0.717, 1.165) is 48.7 Å². The molecule has 6 heteroatoms. The summed E-state index contributed by atoms with van der Waals surface area (Å²) < 4.78 is 4.27. The van der Waals surface area contributed by atoms with Gasteiger partial charge in [-0.05, 0) is 47.3 Å². The van der Waals surface area contributed by atoms with Gasteiger partial charge in [-0.3, -0.25) is 0 Å². The third-order valence-corrected chi connectivity index (χ3v) is 3.77. The summed E-state index contributed by atoms with van der Waals surface area (Å²) in [5, 5.41) is 4.54. The van der Waals surface area contributed by atoms with Crippen molar-refractivity contribution >= 4 is 22.8 Å². The van der Waals surface area contributed by atoms with Crippen LogP contribution in [0.5, 0.6) is 0 Å². The highest BCUT2D eigenvalue weighted by atomic mass is 35.5. The number of hydrogen-bond acceptors (Lipinski definition) is 3. The normalized spacial score (nSPS) is 11.9. The van der Waals surface area contributed by atoms with Crippen LogP contribution in [-0.4, -0.2) is 44.9 Å². The number of imidazole rings is 1. The van der Waals surface area contributed by atoms with Crippen molar-refractivity contribution in [2.45, 2.75) is 45.7 Å². The lowest BCUT2D eigenvalue weighted by Crippen LogP contribution is -2.14. The smallest absolute Gasteiger partial charge is 0.158 e. The minimum absolute atomic E-state index is 0.450. The van der Waals surface area contributed by atoms with Crippen molar-refractivity contribution in [1.82, 2.24) is 24.2 Å². The molecule has 2 aromatic heterocycles. The largest absolute Gasteiger partial charge is 0.312 e. The second kappa shape index (κ2) is 6.59. The summed E-state index contributed by atoms with van der Waals surface area (Å²) in [5.41, 5.74) is 3.10. The van der Waals surface area contributed by atoms with Crippen LogP contribution in [0.3, 0.4) is 0 Å². The Morgan fingerprint density at radius 1 is 1.25 bits per heavy atom. The summed E-state index contributed by atoms with van der Waals surface area (Å²) >= 11 is 6.05. The van der Waals surface area contributed by atoms with Crippen LogP contribution < -0.4 is 0 Å². The first kappa shape index (κ1) is 15.3. The Labute approximate surface area is 125 Å². The van der Waals surface area contributed by atoms with Gasteiger partial charge in [0.15, 0.2) is 5.65 Å². The highest BCUT2D eigenvalue weighted by Gasteiger charge is 2.17. The Morgan fingerprint density at radius 2 is 2.00 bits per heavy atom. The second-order valence-electron chi connectivity index (χ2n) is 5.40. The highest BCUT2D eigenvalue weighted by Crippen LogP contribution is 2.21. The summed E-state index contributed by atoms with van der Waals surface area (Å²) in [7, 11) is 4.21. The number of hydrogen-bond donors (Lipinski definition) is 0.